The van der Waals surface area contributed by atoms with E-state index in [0.29, 0.717) is 41.8 Å². The standard InChI is InChI=1S/C45H44ClFN6O3S/c1-29-34(16-17-39(42(29)46)55-25-24-53-22-20-52(2)21-23-53)40-41-36(49-28-50-45(41)57-43(40)30-12-14-32(47)15-13-30)26-31-8-4-6-10-37(31)56-27-33-18-19-48-44(51-33)35-9-5-7-11-38(35)54-3/h4-14,16-19,28,32H,15,20-27H2,1-3H3. The van der Waals surface area contributed by atoms with Crippen molar-refractivity contribution in [2.45, 2.75) is 32.5 Å². The Bertz CT molecular complexity index is 2450. The van der Waals surface area contributed by atoms with E-state index in [1.165, 1.54) is 0 Å². The summed E-state index contributed by atoms with van der Waals surface area (Å²) in [5, 5.41) is 1.51. The van der Waals surface area contributed by atoms with E-state index >= 15 is 0 Å². The van der Waals surface area contributed by atoms with Crippen LogP contribution in [0.3, 0.4) is 0 Å². The highest BCUT2D eigenvalue weighted by Crippen LogP contribution is 2.47. The number of piperazine rings is 1. The number of halogens is 2. The lowest BCUT2D eigenvalue weighted by Gasteiger charge is -2.32. The molecule has 4 heterocycles. The summed E-state index contributed by atoms with van der Waals surface area (Å²) in [5.41, 5.74) is 7.14. The van der Waals surface area contributed by atoms with Crippen molar-refractivity contribution in [2.75, 3.05) is 53.5 Å². The average molecular weight is 803 g/mol. The maximum absolute atomic E-state index is 14.3. The van der Waals surface area contributed by atoms with Gasteiger partial charge in [0.15, 0.2) is 5.82 Å². The first-order chi connectivity index (χ1) is 27.9. The normalized spacial score (nSPS) is 16.2. The van der Waals surface area contributed by atoms with Crippen LogP contribution < -0.4 is 14.2 Å². The molecule has 12 heteroatoms. The van der Waals surface area contributed by atoms with Gasteiger partial charge in [-0.05, 0) is 67.1 Å². The van der Waals surface area contributed by atoms with Crippen molar-refractivity contribution in [3.63, 3.8) is 0 Å². The van der Waals surface area contributed by atoms with Gasteiger partial charge in [0.2, 0.25) is 0 Å². The number of nitrogens with zero attached hydrogens (tertiary/aromatic N) is 6. The number of allylic oxidation sites excluding steroid dienone is 4. The smallest absolute Gasteiger partial charge is 0.163 e. The predicted molar refractivity (Wildman–Crippen MR) is 226 cm³/mol. The van der Waals surface area contributed by atoms with E-state index in [2.05, 4.69) is 34.0 Å². The van der Waals surface area contributed by atoms with Crippen LogP contribution in [0.25, 0.3) is 38.3 Å². The van der Waals surface area contributed by atoms with E-state index < -0.39 is 6.17 Å². The highest BCUT2D eigenvalue weighted by Gasteiger charge is 2.25. The zero-order valence-corrected chi connectivity index (χ0v) is 33.8. The van der Waals surface area contributed by atoms with Gasteiger partial charge in [-0.3, -0.25) is 4.90 Å². The number of benzene rings is 3. The number of para-hydroxylation sites is 2. The monoisotopic (exact) mass is 802 g/mol. The van der Waals surface area contributed by atoms with Gasteiger partial charge in [0.05, 0.1) is 29.1 Å². The second kappa shape index (κ2) is 17.5. The number of methoxy groups -OCH3 is 1. The van der Waals surface area contributed by atoms with Crippen molar-refractivity contribution < 1.29 is 18.6 Å². The largest absolute Gasteiger partial charge is 0.496 e. The van der Waals surface area contributed by atoms with Crippen LogP contribution in [-0.2, 0) is 13.0 Å². The van der Waals surface area contributed by atoms with Crippen molar-refractivity contribution >= 4 is 38.7 Å². The third-order valence-corrected chi connectivity index (χ3v) is 12.1. The van der Waals surface area contributed by atoms with Crippen LogP contribution in [0.1, 0.15) is 33.8 Å². The van der Waals surface area contributed by atoms with Gasteiger partial charge < -0.3 is 19.1 Å². The number of hydrogen-bond acceptors (Lipinski definition) is 10. The first-order valence-electron chi connectivity index (χ1n) is 19.1. The number of fused-ring (bicyclic) bond motifs is 1. The average Bonchev–Trinajstić information content (AvgIpc) is 3.63. The molecule has 1 saturated heterocycles. The van der Waals surface area contributed by atoms with Gasteiger partial charge in [0.1, 0.15) is 47.8 Å². The zero-order chi connectivity index (χ0) is 39.3. The lowest BCUT2D eigenvalue weighted by Crippen LogP contribution is -2.45. The van der Waals surface area contributed by atoms with Gasteiger partial charge in [-0.1, -0.05) is 60.2 Å². The lowest BCUT2D eigenvalue weighted by molar-refractivity contribution is 0.134. The topological polar surface area (TPSA) is 85.7 Å². The second-order valence-corrected chi connectivity index (χ2v) is 15.6. The van der Waals surface area contributed by atoms with Crippen molar-refractivity contribution in [3.8, 4) is 39.8 Å². The number of likely N-dealkylation sites (N-methyl/N-ethyl adjacent to an activating group) is 1. The fourth-order valence-corrected chi connectivity index (χ4v) is 8.73. The van der Waals surface area contributed by atoms with Gasteiger partial charge in [0.25, 0.3) is 0 Å². The molecule has 0 radical (unpaired) electrons. The van der Waals surface area contributed by atoms with Crippen molar-refractivity contribution in [2.24, 2.45) is 0 Å². The summed E-state index contributed by atoms with van der Waals surface area (Å²) in [5.74, 6) is 2.65. The van der Waals surface area contributed by atoms with E-state index in [1.54, 1.807) is 37.0 Å². The molecule has 9 nitrogen and oxygen atoms in total. The molecule has 0 bridgehead atoms. The van der Waals surface area contributed by atoms with Crippen LogP contribution in [-0.4, -0.2) is 89.4 Å². The Balaban J connectivity index is 1.10. The molecule has 1 fully saturated rings. The Morgan fingerprint density at radius 3 is 2.51 bits per heavy atom. The maximum atomic E-state index is 14.3. The van der Waals surface area contributed by atoms with Gasteiger partial charge in [0, 0.05) is 73.2 Å². The van der Waals surface area contributed by atoms with Crippen LogP contribution in [0.15, 0.2) is 97.5 Å². The number of hydrogen-bond donors (Lipinski definition) is 0. The number of thiophene rings is 1. The second-order valence-electron chi connectivity index (χ2n) is 14.3. The predicted octanol–water partition coefficient (Wildman–Crippen LogP) is 9.26. The molecular weight excluding hydrogens is 759 g/mol. The third kappa shape index (κ3) is 8.57. The molecule has 0 N–H and O–H groups in total. The van der Waals surface area contributed by atoms with Crippen LogP contribution >= 0.6 is 22.9 Å². The minimum Gasteiger partial charge on any atom is -0.496 e. The number of aromatic nitrogens is 4. The summed E-state index contributed by atoms with van der Waals surface area (Å²) in [6.45, 7) is 7.84. The molecule has 0 amide bonds. The molecule has 292 valence electrons. The summed E-state index contributed by atoms with van der Waals surface area (Å²) in [4.78, 5) is 25.5. The van der Waals surface area contributed by atoms with E-state index in [-0.39, 0.29) is 6.61 Å². The summed E-state index contributed by atoms with van der Waals surface area (Å²) in [6.07, 6.45) is 8.60. The molecule has 1 aliphatic heterocycles. The Morgan fingerprint density at radius 1 is 0.895 bits per heavy atom. The highest BCUT2D eigenvalue weighted by atomic mass is 35.5. The molecule has 3 aromatic carbocycles. The van der Waals surface area contributed by atoms with Crippen LogP contribution in [0, 0.1) is 6.92 Å². The zero-order valence-electron chi connectivity index (χ0n) is 32.3. The van der Waals surface area contributed by atoms with Crippen molar-refractivity contribution in [1.29, 1.82) is 0 Å². The van der Waals surface area contributed by atoms with Gasteiger partial charge in [-0.2, -0.15) is 0 Å². The van der Waals surface area contributed by atoms with E-state index in [0.717, 1.165) is 98.3 Å². The highest BCUT2D eigenvalue weighted by molar-refractivity contribution is 7.20. The molecule has 1 aliphatic carbocycles. The van der Waals surface area contributed by atoms with E-state index in [9.17, 15) is 4.39 Å². The Kier molecular flexibility index (Phi) is 11.9. The van der Waals surface area contributed by atoms with Crippen molar-refractivity contribution in [1.82, 2.24) is 29.7 Å². The quantitative estimate of drug-likeness (QED) is 0.114. The first-order valence-corrected chi connectivity index (χ1v) is 20.3. The molecule has 2 aliphatic rings. The van der Waals surface area contributed by atoms with Gasteiger partial charge in [-0.15, -0.1) is 11.3 Å². The SMILES string of the molecule is COc1ccccc1-c1nccc(COc2ccccc2Cc2ncnc3sc(C4=CCC(F)C=C4)c(-c4ccc(OCCN5CCN(C)CC5)c(Cl)c4C)c23)n1. The molecule has 8 rings (SSSR count). The molecule has 6 aromatic rings. The lowest BCUT2D eigenvalue weighted by atomic mass is 9.92. The Morgan fingerprint density at radius 2 is 1.70 bits per heavy atom. The third-order valence-electron chi connectivity index (χ3n) is 10.5. The molecular formula is C45H44ClFN6O3S. The summed E-state index contributed by atoms with van der Waals surface area (Å²) in [6, 6.07) is 21.6. The molecule has 1 unspecified atom stereocenters. The first kappa shape index (κ1) is 38.7. The van der Waals surface area contributed by atoms with Gasteiger partial charge in [-0.25, -0.2) is 24.3 Å². The van der Waals surface area contributed by atoms with E-state index in [1.807, 2.05) is 73.7 Å². The van der Waals surface area contributed by atoms with Crippen LogP contribution in [0.4, 0.5) is 4.39 Å². The number of rotatable bonds is 13. The maximum Gasteiger partial charge on any atom is 0.163 e. The van der Waals surface area contributed by atoms with E-state index in [4.69, 9.17) is 40.8 Å². The van der Waals surface area contributed by atoms with Crippen LogP contribution in [0.2, 0.25) is 5.02 Å². The molecule has 0 saturated carbocycles. The minimum absolute atomic E-state index is 0.242. The van der Waals surface area contributed by atoms with Crippen molar-refractivity contribution in [3.05, 3.63) is 130 Å². The fraction of sp³-hybridized carbons (Fsp3) is 0.289. The summed E-state index contributed by atoms with van der Waals surface area (Å²) >= 11 is 8.70. The summed E-state index contributed by atoms with van der Waals surface area (Å²) < 4.78 is 32.6. The Labute approximate surface area is 341 Å². The fourth-order valence-electron chi connectivity index (χ4n) is 7.31. The summed E-state index contributed by atoms with van der Waals surface area (Å²) in [7, 11) is 3.79. The minimum atomic E-state index is -1.01. The molecule has 0 spiro atoms. The molecule has 1 atom stereocenters. The number of ether oxygens (including phenoxy) is 3. The number of alkyl halides is 1. The Hall–Kier alpha value is -5.20. The molecule has 57 heavy (non-hydrogen) atoms. The molecule has 3 aromatic heterocycles. The van der Waals surface area contributed by atoms with Gasteiger partial charge >= 0.3 is 0 Å². The van der Waals surface area contributed by atoms with Crippen LogP contribution in [0.5, 0.6) is 17.2 Å².